The fourth-order valence-electron chi connectivity index (χ4n) is 2.13. The number of nitrogens with one attached hydrogen (secondary N) is 2. The number of hydrazine groups is 1. The van der Waals surface area contributed by atoms with E-state index in [0.717, 1.165) is 11.1 Å². The van der Waals surface area contributed by atoms with Crippen LogP contribution in [0, 0.1) is 11.3 Å². The van der Waals surface area contributed by atoms with Gasteiger partial charge in [0.15, 0.2) is 0 Å². The Morgan fingerprint density at radius 2 is 1.50 bits per heavy atom. The van der Waals surface area contributed by atoms with E-state index in [1.807, 2.05) is 12.1 Å². The van der Waals surface area contributed by atoms with E-state index in [2.05, 4.69) is 21.7 Å². The van der Waals surface area contributed by atoms with Crippen molar-refractivity contribution in [2.75, 3.05) is 7.11 Å². The molecule has 2 aromatic carbocycles. The maximum Gasteiger partial charge on any atom is 0.306 e. The first-order valence-corrected chi connectivity index (χ1v) is 7.80. The van der Waals surface area contributed by atoms with Crippen LogP contribution in [0.2, 0.25) is 0 Å². The Hall–Kier alpha value is -3.66. The molecule has 0 fully saturated rings. The highest BCUT2D eigenvalue weighted by Gasteiger charge is 2.10. The summed E-state index contributed by atoms with van der Waals surface area (Å²) in [6, 6.07) is 16.0. The number of benzene rings is 2. The van der Waals surface area contributed by atoms with Crippen LogP contribution in [0.3, 0.4) is 0 Å². The summed E-state index contributed by atoms with van der Waals surface area (Å²) in [5, 5.41) is 8.81. The minimum Gasteiger partial charge on any atom is -0.469 e. The molecule has 2 rings (SSSR count). The number of nitrogens with zero attached hydrogens (tertiary/aromatic N) is 1. The van der Waals surface area contributed by atoms with Gasteiger partial charge in [-0.3, -0.25) is 25.2 Å². The van der Waals surface area contributed by atoms with Crippen LogP contribution in [-0.2, 0) is 14.3 Å². The second kappa shape index (κ2) is 8.99. The lowest BCUT2D eigenvalue weighted by molar-refractivity contribution is -0.142. The zero-order valence-corrected chi connectivity index (χ0v) is 14.1. The summed E-state index contributed by atoms with van der Waals surface area (Å²) in [7, 11) is 1.24. The summed E-state index contributed by atoms with van der Waals surface area (Å²) >= 11 is 0. The number of ether oxygens (including phenoxy) is 1. The molecule has 0 unspecified atom stereocenters. The Morgan fingerprint density at radius 3 is 2.04 bits per heavy atom. The van der Waals surface area contributed by atoms with Crippen molar-refractivity contribution >= 4 is 17.8 Å². The van der Waals surface area contributed by atoms with E-state index < -0.39 is 17.8 Å². The molecule has 7 nitrogen and oxygen atoms in total. The number of hydrogen-bond acceptors (Lipinski definition) is 5. The van der Waals surface area contributed by atoms with E-state index in [1.165, 1.54) is 7.11 Å². The smallest absolute Gasteiger partial charge is 0.306 e. The van der Waals surface area contributed by atoms with Crippen molar-refractivity contribution in [3.8, 4) is 17.2 Å². The fourth-order valence-corrected chi connectivity index (χ4v) is 2.13. The summed E-state index contributed by atoms with van der Waals surface area (Å²) in [6.07, 6.45) is -0.137. The fraction of sp³-hybridized carbons (Fsp3) is 0.158. The number of nitriles is 1. The molecular formula is C19H17N3O4. The molecule has 0 bridgehead atoms. The van der Waals surface area contributed by atoms with Gasteiger partial charge in [-0.25, -0.2) is 0 Å². The van der Waals surface area contributed by atoms with E-state index in [1.54, 1.807) is 36.4 Å². The van der Waals surface area contributed by atoms with Crippen molar-refractivity contribution in [3.63, 3.8) is 0 Å². The Bertz CT molecular complexity index is 837. The van der Waals surface area contributed by atoms with Gasteiger partial charge in [0.25, 0.3) is 5.91 Å². The molecule has 0 aliphatic carbocycles. The minimum atomic E-state index is -0.495. The van der Waals surface area contributed by atoms with E-state index in [9.17, 15) is 14.4 Å². The maximum atomic E-state index is 12.0. The highest BCUT2D eigenvalue weighted by atomic mass is 16.5. The third-order valence-electron chi connectivity index (χ3n) is 3.59. The number of hydrogen-bond donors (Lipinski definition) is 2. The zero-order valence-electron chi connectivity index (χ0n) is 14.1. The summed E-state index contributed by atoms with van der Waals surface area (Å²) in [4.78, 5) is 34.5. The second-order valence-electron chi connectivity index (χ2n) is 5.34. The number of methoxy groups -OCH3 is 1. The van der Waals surface area contributed by atoms with Crippen LogP contribution in [0.4, 0.5) is 0 Å². The van der Waals surface area contributed by atoms with Gasteiger partial charge in [0, 0.05) is 12.0 Å². The number of amides is 2. The molecule has 7 heteroatoms. The Kier molecular flexibility index (Phi) is 6.46. The summed E-state index contributed by atoms with van der Waals surface area (Å²) in [5.41, 5.74) is 7.30. The third-order valence-corrected chi connectivity index (χ3v) is 3.59. The quantitative estimate of drug-likeness (QED) is 0.632. The van der Waals surface area contributed by atoms with E-state index in [0.29, 0.717) is 11.1 Å². The molecule has 2 amide bonds. The van der Waals surface area contributed by atoms with E-state index in [-0.39, 0.29) is 12.8 Å². The Labute approximate surface area is 150 Å². The van der Waals surface area contributed by atoms with Gasteiger partial charge in [0.1, 0.15) is 0 Å². The molecule has 0 spiro atoms. The topological polar surface area (TPSA) is 108 Å². The van der Waals surface area contributed by atoms with Crippen molar-refractivity contribution in [2.45, 2.75) is 12.8 Å². The van der Waals surface area contributed by atoms with Crippen molar-refractivity contribution in [1.82, 2.24) is 10.9 Å². The SMILES string of the molecule is COC(=O)CCC(=O)NNC(=O)c1ccc(-c2ccc(C#N)cc2)cc1. The third kappa shape index (κ3) is 5.18. The van der Waals surface area contributed by atoms with Crippen LogP contribution in [-0.4, -0.2) is 24.9 Å². The maximum absolute atomic E-state index is 12.0. The van der Waals surface area contributed by atoms with Crippen LogP contribution < -0.4 is 10.9 Å². The second-order valence-corrected chi connectivity index (χ2v) is 5.34. The number of rotatable bonds is 5. The molecule has 132 valence electrons. The van der Waals surface area contributed by atoms with Gasteiger partial charge < -0.3 is 4.74 Å². The lowest BCUT2D eigenvalue weighted by Crippen LogP contribution is -2.41. The molecular weight excluding hydrogens is 334 g/mol. The first kappa shape index (κ1) is 18.7. The number of carbonyl (C=O) groups excluding carboxylic acids is 3. The van der Waals surface area contributed by atoms with Gasteiger partial charge in [-0.05, 0) is 35.4 Å². The van der Waals surface area contributed by atoms with Gasteiger partial charge in [0.2, 0.25) is 5.91 Å². The number of esters is 1. The molecule has 0 saturated carbocycles. The molecule has 0 aliphatic heterocycles. The average molecular weight is 351 g/mol. The molecule has 2 aromatic rings. The minimum absolute atomic E-state index is 0.0580. The first-order chi connectivity index (χ1) is 12.5. The molecule has 0 saturated heterocycles. The molecule has 2 N–H and O–H groups in total. The lowest BCUT2D eigenvalue weighted by Gasteiger charge is -2.08. The summed E-state index contributed by atoms with van der Waals surface area (Å²) in [6.45, 7) is 0. The van der Waals surface area contributed by atoms with Gasteiger partial charge in [-0.2, -0.15) is 5.26 Å². The standard InChI is InChI=1S/C19H17N3O4/c1-26-18(24)11-10-17(23)21-22-19(25)16-8-6-15(7-9-16)14-4-2-13(12-20)3-5-14/h2-9H,10-11H2,1H3,(H,21,23)(H,22,25). The van der Waals surface area contributed by atoms with Crippen molar-refractivity contribution in [3.05, 3.63) is 59.7 Å². The largest absolute Gasteiger partial charge is 0.469 e. The Balaban J connectivity index is 1.91. The monoisotopic (exact) mass is 351 g/mol. The van der Waals surface area contributed by atoms with Crippen LogP contribution in [0.15, 0.2) is 48.5 Å². The normalized spacial score (nSPS) is 9.69. The number of carbonyl (C=O) groups is 3. The average Bonchev–Trinajstić information content (AvgIpc) is 2.70. The highest BCUT2D eigenvalue weighted by molar-refractivity contribution is 5.96. The molecule has 26 heavy (non-hydrogen) atoms. The molecule has 0 aromatic heterocycles. The van der Waals surface area contributed by atoms with Crippen LogP contribution >= 0.6 is 0 Å². The van der Waals surface area contributed by atoms with Crippen LogP contribution in [0.5, 0.6) is 0 Å². The summed E-state index contributed by atoms with van der Waals surface area (Å²) < 4.78 is 4.43. The van der Waals surface area contributed by atoms with Gasteiger partial charge in [0.05, 0.1) is 25.2 Å². The molecule has 0 atom stereocenters. The Morgan fingerprint density at radius 1 is 0.923 bits per heavy atom. The predicted octanol–water partition coefficient (Wildman–Crippen LogP) is 1.94. The summed E-state index contributed by atoms with van der Waals surface area (Å²) in [5.74, 6) is -1.45. The van der Waals surface area contributed by atoms with Crippen molar-refractivity contribution in [2.24, 2.45) is 0 Å². The van der Waals surface area contributed by atoms with Gasteiger partial charge in [-0.1, -0.05) is 24.3 Å². The molecule has 0 aliphatic rings. The van der Waals surface area contributed by atoms with Crippen LogP contribution in [0.25, 0.3) is 11.1 Å². The lowest BCUT2D eigenvalue weighted by atomic mass is 10.0. The zero-order chi connectivity index (χ0) is 18.9. The van der Waals surface area contributed by atoms with Gasteiger partial charge >= 0.3 is 5.97 Å². The van der Waals surface area contributed by atoms with Crippen LogP contribution in [0.1, 0.15) is 28.8 Å². The van der Waals surface area contributed by atoms with Gasteiger partial charge in [-0.15, -0.1) is 0 Å². The first-order valence-electron chi connectivity index (χ1n) is 7.80. The molecule has 0 heterocycles. The van der Waals surface area contributed by atoms with E-state index in [4.69, 9.17) is 5.26 Å². The molecule has 0 radical (unpaired) electrons. The van der Waals surface area contributed by atoms with E-state index >= 15 is 0 Å². The predicted molar refractivity (Wildman–Crippen MR) is 93.5 cm³/mol. The highest BCUT2D eigenvalue weighted by Crippen LogP contribution is 2.20. The van der Waals surface area contributed by atoms with Crippen molar-refractivity contribution < 1.29 is 19.1 Å². The van der Waals surface area contributed by atoms with Crippen molar-refractivity contribution in [1.29, 1.82) is 5.26 Å².